The highest BCUT2D eigenvalue weighted by Crippen LogP contribution is 2.23. The monoisotopic (exact) mass is 185 g/mol. The van der Waals surface area contributed by atoms with Crippen LogP contribution in [0.1, 0.15) is 5.56 Å². The number of ether oxygens (including phenoxy) is 1. The smallest absolute Gasteiger partial charge is 0.413 e. The fourth-order valence-corrected chi connectivity index (χ4v) is 1.08. The first-order chi connectivity index (χ1) is 5.77. The number of rotatable bonds is 0. The third-order valence-electron chi connectivity index (χ3n) is 1.46. The van der Waals surface area contributed by atoms with E-state index in [0.29, 0.717) is 16.5 Å². The van der Waals surface area contributed by atoms with Gasteiger partial charge in [0, 0.05) is 0 Å². The Morgan fingerprint density at radius 2 is 2.42 bits per heavy atom. The zero-order chi connectivity index (χ0) is 8.55. The number of nitrogens with one attached hydrogen (secondary N) is 1. The van der Waals surface area contributed by atoms with Gasteiger partial charge in [-0.15, -0.1) is 0 Å². The molecular weight excluding hydrogens is 182 g/mol. The van der Waals surface area contributed by atoms with E-state index in [9.17, 15) is 4.79 Å². The number of nitrogens with zero attached hydrogens (tertiary/aromatic N) is 2. The number of carbonyl (C=O) groups excluding carboxylic acids is 1. The van der Waals surface area contributed by atoms with Gasteiger partial charge >= 0.3 is 6.09 Å². The molecule has 1 amide bonds. The fraction of sp³-hybridized carbons (Fsp3) is 0.167. The van der Waals surface area contributed by atoms with Crippen LogP contribution in [-0.4, -0.2) is 16.1 Å². The molecule has 0 radical (unpaired) electrons. The molecule has 1 aliphatic rings. The van der Waals surface area contributed by atoms with Gasteiger partial charge in [-0.2, -0.15) is 0 Å². The van der Waals surface area contributed by atoms with E-state index < -0.39 is 6.09 Å². The normalized spacial score (nSPS) is 14.6. The van der Waals surface area contributed by atoms with Crippen molar-refractivity contribution in [1.29, 1.82) is 0 Å². The summed E-state index contributed by atoms with van der Waals surface area (Å²) in [5, 5.41) is 2.71. The molecule has 0 fully saturated rings. The summed E-state index contributed by atoms with van der Waals surface area (Å²) in [6, 6.07) is 0. The maximum Gasteiger partial charge on any atom is 0.413 e. The third-order valence-corrected chi connectivity index (χ3v) is 1.79. The minimum Gasteiger partial charge on any atom is -0.444 e. The van der Waals surface area contributed by atoms with Crippen LogP contribution in [0.25, 0.3) is 0 Å². The largest absolute Gasteiger partial charge is 0.444 e. The molecule has 1 aliphatic heterocycles. The molecule has 0 unspecified atom stereocenters. The second kappa shape index (κ2) is 2.60. The zero-order valence-electron chi connectivity index (χ0n) is 5.87. The molecule has 5 nitrogen and oxygen atoms in total. The number of halogens is 1. The second-order valence-electron chi connectivity index (χ2n) is 2.19. The van der Waals surface area contributed by atoms with Crippen molar-refractivity contribution < 1.29 is 9.53 Å². The van der Waals surface area contributed by atoms with Crippen molar-refractivity contribution in [2.24, 2.45) is 0 Å². The molecule has 1 aromatic rings. The molecule has 2 rings (SSSR count). The summed E-state index contributed by atoms with van der Waals surface area (Å²) in [7, 11) is 0. The molecule has 1 aromatic heterocycles. The Kier molecular flexibility index (Phi) is 1.58. The molecule has 0 bridgehead atoms. The molecule has 0 saturated heterocycles. The molecule has 0 aliphatic carbocycles. The Morgan fingerprint density at radius 1 is 1.58 bits per heavy atom. The summed E-state index contributed by atoms with van der Waals surface area (Å²) in [6.07, 6.45) is 0.768. The lowest BCUT2D eigenvalue weighted by atomic mass is 10.3. The van der Waals surface area contributed by atoms with Crippen LogP contribution in [0.3, 0.4) is 0 Å². The van der Waals surface area contributed by atoms with Crippen molar-refractivity contribution in [2.45, 2.75) is 6.61 Å². The van der Waals surface area contributed by atoms with Gasteiger partial charge in [0.1, 0.15) is 23.9 Å². The number of anilines is 1. The van der Waals surface area contributed by atoms with Gasteiger partial charge in [0.2, 0.25) is 0 Å². The highest BCUT2D eigenvalue weighted by molar-refractivity contribution is 6.30. The van der Waals surface area contributed by atoms with Crippen molar-refractivity contribution in [3.8, 4) is 0 Å². The Morgan fingerprint density at radius 3 is 3.25 bits per heavy atom. The third kappa shape index (κ3) is 1.08. The summed E-state index contributed by atoms with van der Waals surface area (Å²) in [4.78, 5) is 18.3. The predicted octanol–water partition coefficient (Wildman–Crippen LogP) is 1.19. The van der Waals surface area contributed by atoms with Crippen LogP contribution in [0.2, 0.25) is 5.15 Å². The number of fused-ring (bicyclic) bond motifs is 1. The highest BCUT2D eigenvalue weighted by Gasteiger charge is 2.19. The van der Waals surface area contributed by atoms with E-state index in [1.165, 1.54) is 6.33 Å². The van der Waals surface area contributed by atoms with Gasteiger partial charge in [0.15, 0.2) is 0 Å². The highest BCUT2D eigenvalue weighted by atomic mass is 35.5. The van der Waals surface area contributed by atoms with E-state index in [4.69, 9.17) is 11.6 Å². The van der Waals surface area contributed by atoms with Crippen LogP contribution in [-0.2, 0) is 11.3 Å². The molecule has 12 heavy (non-hydrogen) atoms. The van der Waals surface area contributed by atoms with Crippen molar-refractivity contribution >= 4 is 23.5 Å². The quantitative estimate of drug-likeness (QED) is 0.617. The van der Waals surface area contributed by atoms with Crippen molar-refractivity contribution in [2.75, 3.05) is 5.32 Å². The predicted molar refractivity (Wildman–Crippen MR) is 40.8 cm³/mol. The zero-order valence-corrected chi connectivity index (χ0v) is 6.63. The lowest BCUT2D eigenvalue weighted by Gasteiger charge is -2.15. The Labute approximate surface area is 72.7 Å². The molecule has 1 N–H and O–H groups in total. The average Bonchev–Trinajstić information content (AvgIpc) is 2.04. The number of hydrogen-bond acceptors (Lipinski definition) is 4. The van der Waals surface area contributed by atoms with Crippen LogP contribution in [0, 0.1) is 0 Å². The van der Waals surface area contributed by atoms with Gasteiger partial charge in [-0.05, 0) is 0 Å². The fourth-order valence-electron chi connectivity index (χ4n) is 0.897. The first kappa shape index (κ1) is 7.30. The Bertz CT molecular complexity index is 342. The SMILES string of the molecule is O=C1Nc2ncnc(Cl)c2CO1. The number of amides is 1. The summed E-state index contributed by atoms with van der Waals surface area (Å²) < 4.78 is 4.67. The molecule has 0 aromatic carbocycles. The van der Waals surface area contributed by atoms with Crippen LogP contribution in [0.15, 0.2) is 6.33 Å². The first-order valence-electron chi connectivity index (χ1n) is 3.20. The Hall–Kier alpha value is -1.36. The van der Waals surface area contributed by atoms with E-state index >= 15 is 0 Å². The molecule has 0 atom stereocenters. The molecule has 2 heterocycles. The molecule has 62 valence electrons. The van der Waals surface area contributed by atoms with E-state index in [0.717, 1.165) is 0 Å². The molecule has 0 saturated carbocycles. The van der Waals surface area contributed by atoms with Gasteiger partial charge in [-0.25, -0.2) is 14.8 Å². The molecule has 0 spiro atoms. The van der Waals surface area contributed by atoms with Crippen LogP contribution in [0.4, 0.5) is 10.6 Å². The van der Waals surface area contributed by atoms with Crippen molar-refractivity contribution in [3.05, 3.63) is 17.0 Å². The average molecular weight is 186 g/mol. The topological polar surface area (TPSA) is 64.1 Å². The Balaban J connectivity index is 2.48. The van der Waals surface area contributed by atoms with Gasteiger partial charge < -0.3 is 4.74 Å². The van der Waals surface area contributed by atoms with E-state index in [-0.39, 0.29) is 6.61 Å². The summed E-state index contributed by atoms with van der Waals surface area (Å²) in [6.45, 7) is 0.126. The lowest BCUT2D eigenvalue weighted by Crippen LogP contribution is -2.21. The maximum atomic E-state index is 10.7. The first-order valence-corrected chi connectivity index (χ1v) is 3.58. The van der Waals surface area contributed by atoms with E-state index in [1.807, 2.05) is 0 Å². The number of cyclic esters (lactones) is 1. The van der Waals surface area contributed by atoms with E-state index in [2.05, 4.69) is 20.0 Å². The number of hydrogen-bond donors (Lipinski definition) is 1. The van der Waals surface area contributed by atoms with Crippen LogP contribution >= 0.6 is 11.6 Å². The van der Waals surface area contributed by atoms with Crippen LogP contribution < -0.4 is 5.32 Å². The lowest BCUT2D eigenvalue weighted by molar-refractivity contribution is 0.151. The van der Waals surface area contributed by atoms with Crippen molar-refractivity contribution in [3.63, 3.8) is 0 Å². The molecular formula is C6H4ClN3O2. The summed E-state index contributed by atoms with van der Waals surface area (Å²) in [5.74, 6) is 0.422. The van der Waals surface area contributed by atoms with Crippen molar-refractivity contribution in [1.82, 2.24) is 9.97 Å². The van der Waals surface area contributed by atoms with Crippen LogP contribution in [0.5, 0.6) is 0 Å². The van der Waals surface area contributed by atoms with E-state index in [1.54, 1.807) is 0 Å². The van der Waals surface area contributed by atoms with Gasteiger partial charge in [-0.1, -0.05) is 11.6 Å². The minimum atomic E-state index is -0.516. The maximum absolute atomic E-state index is 10.7. The van der Waals surface area contributed by atoms with Gasteiger partial charge in [0.25, 0.3) is 0 Å². The summed E-state index contributed by atoms with van der Waals surface area (Å²) >= 11 is 5.71. The summed E-state index contributed by atoms with van der Waals surface area (Å²) in [5.41, 5.74) is 0.610. The van der Waals surface area contributed by atoms with Gasteiger partial charge in [-0.3, -0.25) is 5.32 Å². The molecule has 6 heteroatoms. The standard InChI is InChI=1S/C6H4ClN3O2/c7-4-3-1-12-6(11)10-5(3)9-2-8-4/h2H,1H2,(H,8,9,10,11). The number of carbonyl (C=O) groups is 1. The number of aromatic nitrogens is 2. The second-order valence-corrected chi connectivity index (χ2v) is 2.55. The van der Waals surface area contributed by atoms with Gasteiger partial charge in [0.05, 0.1) is 5.56 Å². The minimum absolute atomic E-state index is 0.126.